The van der Waals surface area contributed by atoms with Crippen molar-refractivity contribution in [3.63, 3.8) is 0 Å². The fourth-order valence-electron chi connectivity index (χ4n) is 2.29. The molecule has 6 heteroatoms. The van der Waals surface area contributed by atoms with Crippen LogP contribution in [-0.2, 0) is 27.4 Å². The van der Waals surface area contributed by atoms with Gasteiger partial charge in [-0.25, -0.2) is 4.79 Å². The molecule has 136 valence electrons. The van der Waals surface area contributed by atoms with E-state index in [0.29, 0.717) is 0 Å². The second-order valence-electron chi connectivity index (χ2n) is 5.81. The lowest BCUT2D eigenvalue weighted by Crippen LogP contribution is -2.42. The van der Waals surface area contributed by atoms with Gasteiger partial charge in [-0.2, -0.15) is 0 Å². The first-order valence-electron chi connectivity index (χ1n) is 8.10. The number of hydrogen-bond donors (Lipinski definition) is 3. The van der Waals surface area contributed by atoms with Crippen molar-refractivity contribution in [1.29, 1.82) is 0 Å². The van der Waals surface area contributed by atoms with Crippen molar-refractivity contribution < 1.29 is 24.5 Å². The van der Waals surface area contributed by atoms with Gasteiger partial charge in [0.15, 0.2) is 0 Å². The molecular formula is C20H21NO5. The van der Waals surface area contributed by atoms with Crippen LogP contribution in [0.2, 0.25) is 0 Å². The average Bonchev–Trinajstić information content (AvgIpc) is 2.61. The van der Waals surface area contributed by atoms with Crippen molar-refractivity contribution >= 4 is 11.9 Å². The number of rotatable bonds is 7. The Hall–Kier alpha value is -3.28. The first-order valence-corrected chi connectivity index (χ1v) is 8.10. The SMILES string of the molecule is C/C(O)=C\C(=O)NC(Cc1ccc(O)cc1)C(=O)OCc1ccccc1. The number of ether oxygens (including phenoxy) is 1. The van der Waals surface area contributed by atoms with E-state index in [4.69, 9.17) is 4.74 Å². The van der Waals surface area contributed by atoms with Crippen LogP contribution in [0.3, 0.4) is 0 Å². The van der Waals surface area contributed by atoms with Gasteiger partial charge >= 0.3 is 5.97 Å². The molecule has 1 amide bonds. The standard InChI is InChI=1S/C20H21NO5/c1-14(22)11-19(24)21-18(12-15-7-9-17(23)10-8-15)20(25)26-13-16-5-3-2-4-6-16/h2-11,18,22-23H,12-13H2,1H3,(H,21,24)/b14-11+. The van der Waals surface area contributed by atoms with E-state index in [-0.39, 0.29) is 24.5 Å². The number of benzene rings is 2. The zero-order valence-corrected chi connectivity index (χ0v) is 14.4. The molecule has 0 aromatic heterocycles. The number of hydrogen-bond acceptors (Lipinski definition) is 5. The number of esters is 1. The van der Waals surface area contributed by atoms with Gasteiger partial charge in [0.25, 0.3) is 0 Å². The van der Waals surface area contributed by atoms with Crippen molar-refractivity contribution in [3.05, 3.63) is 77.6 Å². The number of phenols is 1. The number of aromatic hydroxyl groups is 1. The monoisotopic (exact) mass is 355 g/mol. The Kier molecular flexibility index (Phi) is 6.79. The topological polar surface area (TPSA) is 95.9 Å². The number of carbonyl (C=O) groups excluding carboxylic acids is 2. The molecule has 0 aliphatic rings. The van der Waals surface area contributed by atoms with Crippen LogP contribution >= 0.6 is 0 Å². The van der Waals surface area contributed by atoms with Gasteiger partial charge in [-0.15, -0.1) is 0 Å². The molecule has 2 rings (SSSR count). The van der Waals surface area contributed by atoms with Crippen molar-refractivity contribution in [2.45, 2.75) is 26.0 Å². The minimum absolute atomic E-state index is 0.0937. The van der Waals surface area contributed by atoms with Crippen LogP contribution in [0.15, 0.2) is 66.4 Å². The van der Waals surface area contributed by atoms with Gasteiger partial charge < -0.3 is 20.3 Å². The van der Waals surface area contributed by atoms with E-state index in [0.717, 1.165) is 17.2 Å². The van der Waals surface area contributed by atoms with E-state index in [2.05, 4.69) is 5.32 Å². The largest absolute Gasteiger partial charge is 0.512 e. The highest BCUT2D eigenvalue weighted by atomic mass is 16.5. The predicted octanol–water partition coefficient (Wildman–Crippen LogP) is 2.62. The molecule has 0 radical (unpaired) electrons. The van der Waals surface area contributed by atoms with Gasteiger partial charge in [0.1, 0.15) is 18.4 Å². The van der Waals surface area contributed by atoms with E-state index < -0.39 is 17.9 Å². The lowest BCUT2D eigenvalue weighted by atomic mass is 10.1. The Morgan fingerprint density at radius 2 is 1.73 bits per heavy atom. The fraction of sp³-hybridized carbons (Fsp3) is 0.200. The molecule has 1 unspecified atom stereocenters. The van der Waals surface area contributed by atoms with Gasteiger partial charge in [0.05, 0.1) is 5.76 Å². The van der Waals surface area contributed by atoms with Gasteiger partial charge in [-0.1, -0.05) is 42.5 Å². The van der Waals surface area contributed by atoms with Gasteiger partial charge in [0, 0.05) is 12.5 Å². The summed E-state index contributed by atoms with van der Waals surface area (Å²) in [6, 6.07) is 14.6. The van der Waals surface area contributed by atoms with Crippen LogP contribution < -0.4 is 5.32 Å². The highest BCUT2D eigenvalue weighted by molar-refractivity contribution is 5.91. The number of allylic oxidation sites excluding steroid dienone is 1. The molecule has 0 fully saturated rings. The van der Waals surface area contributed by atoms with E-state index in [9.17, 15) is 19.8 Å². The van der Waals surface area contributed by atoms with Crippen LogP contribution in [0.1, 0.15) is 18.1 Å². The van der Waals surface area contributed by atoms with Gasteiger partial charge in [0.2, 0.25) is 5.91 Å². The zero-order chi connectivity index (χ0) is 18.9. The summed E-state index contributed by atoms with van der Waals surface area (Å²) >= 11 is 0. The average molecular weight is 355 g/mol. The maximum atomic E-state index is 12.4. The molecule has 0 saturated carbocycles. The second kappa shape index (κ2) is 9.27. The summed E-state index contributed by atoms with van der Waals surface area (Å²) in [5, 5.41) is 21.1. The Bertz CT molecular complexity index is 765. The van der Waals surface area contributed by atoms with E-state index in [1.165, 1.54) is 19.1 Å². The summed E-state index contributed by atoms with van der Waals surface area (Å²) in [6.07, 6.45) is 1.19. The van der Waals surface area contributed by atoms with Crippen molar-refractivity contribution in [1.82, 2.24) is 5.32 Å². The lowest BCUT2D eigenvalue weighted by molar-refractivity contribution is -0.148. The van der Waals surface area contributed by atoms with Crippen LogP contribution in [-0.4, -0.2) is 28.1 Å². The lowest BCUT2D eigenvalue weighted by Gasteiger charge is -2.17. The molecule has 0 aliphatic heterocycles. The number of carbonyl (C=O) groups is 2. The summed E-state index contributed by atoms with van der Waals surface area (Å²) in [5.41, 5.74) is 1.58. The molecule has 0 heterocycles. The minimum atomic E-state index is -0.925. The van der Waals surface area contributed by atoms with Crippen molar-refractivity contribution in [2.75, 3.05) is 0 Å². The third kappa shape index (κ3) is 6.32. The summed E-state index contributed by atoms with van der Waals surface area (Å²) in [7, 11) is 0. The molecule has 0 saturated heterocycles. The number of nitrogens with one attached hydrogen (secondary N) is 1. The van der Waals surface area contributed by atoms with Crippen LogP contribution in [0, 0.1) is 0 Å². The minimum Gasteiger partial charge on any atom is -0.512 e. The van der Waals surface area contributed by atoms with Crippen LogP contribution in [0.4, 0.5) is 0 Å². The van der Waals surface area contributed by atoms with Crippen molar-refractivity contribution in [3.8, 4) is 5.75 Å². The fourth-order valence-corrected chi connectivity index (χ4v) is 2.29. The summed E-state index contributed by atoms with van der Waals surface area (Å²) in [4.78, 5) is 24.3. The molecule has 0 bridgehead atoms. The Morgan fingerprint density at radius 3 is 2.35 bits per heavy atom. The van der Waals surface area contributed by atoms with E-state index in [1.54, 1.807) is 12.1 Å². The maximum absolute atomic E-state index is 12.4. The third-order valence-electron chi connectivity index (χ3n) is 3.54. The van der Waals surface area contributed by atoms with Crippen molar-refractivity contribution in [2.24, 2.45) is 0 Å². The van der Waals surface area contributed by atoms with E-state index >= 15 is 0 Å². The Labute approximate surface area is 151 Å². The molecule has 26 heavy (non-hydrogen) atoms. The Balaban J connectivity index is 2.07. The highest BCUT2D eigenvalue weighted by Crippen LogP contribution is 2.12. The summed E-state index contributed by atoms with van der Waals surface area (Å²) in [5.74, 6) is -1.23. The van der Waals surface area contributed by atoms with E-state index in [1.807, 2.05) is 30.3 Å². The van der Waals surface area contributed by atoms with Crippen LogP contribution in [0.5, 0.6) is 5.75 Å². The summed E-state index contributed by atoms with van der Waals surface area (Å²) in [6.45, 7) is 1.46. The normalized spacial score (nSPS) is 12.3. The van der Waals surface area contributed by atoms with Gasteiger partial charge in [-0.05, 0) is 30.2 Å². The molecule has 2 aromatic carbocycles. The molecule has 0 aliphatic carbocycles. The third-order valence-corrected chi connectivity index (χ3v) is 3.54. The van der Waals surface area contributed by atoms with Gasteiger partial charge in [-0.3, -0.25) is 4.79 Å². The molecule has 3 N–H and O–H groups in total. The molecule has 2 aromatic rings. The number of amides is 1. The Morgan fingerprint density at radius 1 is 1.08 bits per heavy atom. The quantitative estimate of drug-likeness (QED) is 0.403. The highest BCUT2D eigenvalue weighted by Gasteiger charge is 2.22. The number of phenolic OH excluding ortho intramolecular Hbond substituents is 1. The first kappa shape index (κ1) is 19.1. The molecular weight excluding hydrogens is 334 g/mol. The molecule has 6 nitrogen and oxygen atoms in total. The predicted molar refractivity (Wildman–Crippen MR) is 96.4 cm³/mol. The number of aliphatic hydroxyl groups excluding tert-OH is 1. The van der Waals surface area contributed by atoms with Crippen LogP contribution in [0.25, 0.3) is 0 Å². The first-order chi connectivity index (χ1) is 12.4. The summed E-state index contributed by atoms with van der Waals surface area (Å²) < 4.78 is 5.31. The number of aliphatic hydroxyl groups is 1. The maximum Gasteiger partial charge on any atom is 0.329 e. The molecule has 1 atom stereocenters. The second-order valence-corrected chi connectivity index (χ2v) is 5.81. The smallest absolute Gasteiger partial charge is 0.329 e. The molecule has 0 spiro atoms. The zero-order valence-electron chi connectivity index (χ0n) is 14.4.